The zero-order valence-electron chi connectivity index (χ0n) is 17.4. The van der Waals surface area contributed by atoms with E-state index in [2.05, 4.69) is 15.3 Å². The van der Waals surface area contributed by atoms with Crippen LogP contribution >= 0.6 is 0 Å². The second-order valence-corrected chi connectivity index (χ2v) is 7.27. The van der Waals surface area contributed by atoms with Gasteiger partial charge in [-0.15, -0.1) is 0 Å². The minimum atomic E-state index is -0.810. The SMILES string of the molecule is COC(=O)C1C(C)=NC(C)=C(C(=O)OCc2ccccc2)C1c1cccc2nonc12. The number of allylic oxidation sites excluding steroid dienone is 1. The standard InChI is InChI=1S/C23H21N3O5/c1-13-18(22(27)29-3)20(16-10-7-11-17-21(16)26-31-25-17)19(14(2)24-13)23(28)30-12-15-8-5-4-6-9-15/h4-11,18,20H,12H2,1-3H3. The van der Waals surface area contributed by atoms with Crippen LogP contribution in [0.5, 0.6) is 0 Å². The van der Waals surface area contributed by atoms with Crippen molar-refractivity contribution in [2.75, 3.05) is 7.11 Å². The zero-order chi connectivity index (χ0) is 22.0. The van der Waals surface area contributed by atoms with Crippen molar-refractivity contribution in [2.24, 2.45) is 10.9 Å². The van der Waals surface area contributed by atoms with Crippen LogP contribution < -0.4 is 0 Å². The number of fused-ring (bicyclic) bond motifs is 1. The van der Waals surface area contributed by atoms with Crippen LogP contribution in [0.25, 0.3) is 11.0 Å². The second-order valence-electron chi connectivity index (χ2n) is 7.27. The highest BCUT2D eigenvalue weighted by Gasteiger charge is 2.43. The molecule has 3 aromatic rings. The predicted octanol–water partition coefficient (Wildman–Crippen LogP) is 3.59. The fourth-order valence-corrected chi connectivity index (χ4v) is 3.95. The summed E-state index contributed by atoms with van der Waals surface area (Å²) in [5, 5.41) is 7.88. The van der Waals surface area contributed by atoms with Crippen molar-refractivity contribution in [3.8, 4) is 0 Å². The Bertz CT molecular complexity index is 1200. The number of rotatable bonds is 5. The maximum atomic E-state index is 13.2. The van der Waals surface area contributed by atoms with Gasteiger partial charge in [-0.3, -0.25) is 9.79 Å². The molecule has 31 heavy (non-hydrogen) atoms. The summed E-state index contributed by atoms with van der Waals surface area (Å²) in [6.07, 6.45) is 0. The Labute approximate surface area is 178 Å². The third-order valence-corrected chi connectivity index (χ3v) is 5.37. The van der Waals surface area contributed by atoms with Crippen molar-refractivity contribution >= 4 is 28.7 Å². The molecule has 1 aliphatic rings. The van der Waals surface area contributed by atoms with Crippen LogP contribution in [-0.2, 0) is 25.7 Å². The first kappa shape index (κ1) is 20.5. The molecule has 158 valence electrons. The zero-order valence-corrected chi connectivity index (χ0v) is 17.4. The van der Waals surface area contributed by atoms with Gasteiger partial charge in [0.25, 0.3) is 0 Å². The second kappa shape index (κ2) is 8.51. The molecule has 2 unspecified atom stereocenters. The number of ether oxygens (including phenoxy) is 2. The fourth-order valence-electron chi connectivity index (χ4n) is 3.95. The topological polar surface area (TPSA) is 104 Å². The molecule has 2 aromatic carbocycles. The molecule has 0 amide bonds. The summed E-state index contributed by atoms with van der Waals surface area (Å²) < 4.78 is 15.5. The summed E-state index contributed by atoms with van der Waals surface area (Å²) in [5.74, 6) is -2.57. The molecular weight excluding hydrogens is 398 g/mol. The highest BCUT2D eigenvalue weighted by molar-refractivity contribution is 6.07. The summed E-state index contributed by atoms with van der Waals surface area (Å²) in [5.41, 5.74) is 3.78. The van der Waals surface area contributed by atoms with E-state index in [4.69, 9.17) is 14.1 Å². The molecular formula is C23H21N3O5. The highest BCUT2D eigenvalue weighted by atomic mass is 16.6. The molecule has 0 saturated carbocycles. The van der Waals surface area contributed by atoms with Gasteiger partial charge in [0, 0.05) is 17.3 Å². The molecule has 0 aliphatic carbocycles. The Morgan fingerprint density at radius 2 is 1.81 bits per heavy atom. The molecule has 8 nitrogen and oxygen atoms in total. The smallest absolute Gasteiger partial charge is 0.336 e. The number of hydrogen-bond donors (Lipinski definition) is 0. The van der Waals surface area contributed by atoms with E-state index < -0.39 is 23.8 Å². The van der Waals surface area contributed by atoms with Gasteiger partial charge < -0.3 is 9.47 Å². The Hall–Kier alpha value is -3.81. The Kier molecular flexibility index (Phi) is 5.62. The molecule has 2 heterocycles. The molecule has 1 aromatic heterocycles. The average Bonchev–Trinajstić information content (AvgIpc) is 3.26. The van der Waals surface area contributed by atoms with E-state index >= 15 is 0 Å². The van der Waals surface area contributed by atoms with Gasteiger partial charge in [0.15, 0.2) is 0 Å². The molecule has 0 N–H and O–H groups in total. The van der Waals surface area contributed by atoms with Crippen LogP contribution in [0.4, 0.5) is 0 Å². The Morgan fingerprint density at radius 3 is 2.55 bits per heavy atom. The fraction of sp³-hybridized carbons (Fsp3) is 0.261. The molecule has 0 bridgehead atoms. The minimum absolute atomic E-state index is 0.102. The monoisotopic (exact) mass is 419 g/mol. The number of methoxy groups -OCH3 is 1. The summed E-state index contributed by atoms with van der Waals surface area (Å²) in [7, 11) is 1.31. The number of carbonyl (C=O) groups excluding carboxylic acids is 2. The first-order valence-corrected chi connectivity index (χ1v) is 9.77. The third-order valence-electron chi connectivity index (χ3n) is 5.37. The minimum Gasteiger partial charge on any atom is -0.468 e. The third kappa shape index (κ3) is 3.84. The molecule has 0 fully saturated rings. The van der Waals surface area contributed by atoms with Gasteiger partial charge >= 0.3 is 11.9 Å². The van der Waals surface area contributed by atoms with Crippen molar-refractivity contribution < 1.29 is 23.7 Å². The summed E-state index contributed by atoms with van der Waals surface area (Å²) in [6, 6.07) is 14.7. The van der Waals surface area contributed by atoms with Gasteiger partial charge in [-0.25, -0.2) is 9.42 Å². The van der Waals surface area contributed by atoms with E-state index in [9.17, 15) is 9.59 Å². The number of esters is 2. The lowest BCUT2D eigenvalue weighted by atomic mass is 9.75. The van der Waals surface area contributed by atoms with Crippen molar-refractivity contribution in [1.82, 2.24) is 10.3 Å². The highest BCUT2D eigenvalue weighted by Crippen LogP contribution is 2.42. The Morgan fingerprint density at radius 1 is 1.03 bits per heavy atom. The molecule has 2 atom stereocenters. The van der Waals surface area contributed by atoms with E-state index in [-0.39, 0.29) is 12.2 Å². The summed E-state index contributed by atoms with van der Waals surface area (Å²) in [4.78, 5) is 30.5. The number of aliphatic imine (C=N–C) groups is 1. The lowest BCUT2D eigenvalue weighted by molar-refractivity contribution is -0.144. The van der Waals surface area contributed by atoms with Gasteiger partial charge in [0.05, 0.1) is 12.7 Å². The maximum absolute atomic E-state index is 13.2. The van der Waals surface area contributed by atoms with Gasteiger partial charge in [-0.2, -0.15) is 0 Å². The first-order chi connectivity index (χ1) is 15.0. The molecule has 8 heteroatoms. The lowest BCUT2D eigenvalue weighted by Gasteiger charge is -2.31. The molecule has 0 spiro atoms. The normalized spacial score (nSPS) is 18.6. The lowest BCUT2D eigenvalue weighted by Crippen LogP contribution is -2.36. The largest absolute Gasteiger partial charge is 0.468 e. The van der Waals surface area contributed by atoms with Crippen molar-refractivity contribution in [3.63, 3.8) is 0 Å². The molecule has 1 aliphatic heterocycles. The van der Waals surface area contributed by atoms with Crippen LogP contribution in [0.1, 0.15) is 30.9 Å². The van der Waals surface area contributed by atoms with Gasteiger partial charge in [0.1, 0.15) is 23.6 Å². The van der Waals surface area contributed by atoms with E-state index in [1.807, 2.05) is 30.3 Å². The van der Waals surface area contributed by atoms with Gasteiger partial charge in [-0.1, -0.05) is 42.5 Å². The van der Waals surface area contributed by atoms with Crippen molar-refractivity contribution in [3.05, 3.63) is 70.9 Å². The predicted molar refractivity (Wildman–Crippen MR) is 112 cm³/mol. The molecule has 4 rings (SSSR count). The number of carbonyl (C=O) groups is 2. The number of benzene rings is 2. The van der Waals surface area contributed by atoms with Crippen molar-refractivity contribution in [2.45, 2.75) is 26.4 Å². The Balaban J connectivity index is 1.79. The number of hydrogen-bond acceptors (Lipinski definition) is 8. The maximum Gasteiger partial charge on any atom is 0.336 e. The molecule has 0 radical (unpaired) electrons. The first-order valence-electron chi connectivity index (χ1n) is 9.77. The van der Waals surface area contributed by atoms with Crippen molar-refractivity contribution in [1.29, 1.82) is 0 Å². The van der Waals surface area contributed by atoms with E-state index in [1.165, 1.54) is 7.11 Å². The van der Waals surface area contributed by atoms with E-state index in [1.54, 1.807) is 32.0 Å². The van der Waals surface area contributed by atoms with Gasteiger partial charge in [0.2, 0.25) is 0 Å². The van der Waals surface area contributed by atoms with Crippen LogP contribution in [0.3, 0.4) is 0 Å². The van der Waals surface area contributed by atoms with Crippen LogP contribution in [-0.4, -0.2) is 35.1 Å². The van der Waals surface area contributed by atoms with Crippen LogP contribution in [0.15, 0.2) is 69.4 Å². The molecule has 0 saturated heterocycles. The van der Waals surface area contributed by atoms with E-state index in [0.717, 1.165) is 5.56 Å². The summed E-state index contributed by atoms with van der Waals surface area (Å²) in [6.45, 7) is 3.57. The van der Waals surface area contributed by atoms with Crippen LogP contribution in [0, 0.1) is 5.92 Å². The average molecular weight is 419 g/mol. The van der Waals surface area contributed by atoms with E-state index in [0.29, 0.717) is 28.0 Å². The van der Waals surface area contributed by atoms with Gasteiger partial charge in [-0.05, 0) is 41.4 Å². The number of nitrogens with zero attached hydrogens (tertiary/aromatic N) is 3. The number of aromatic nitrogens is 2. The summed E-state index contributed by atoms with van der Waals surface area (Å²) >= 11 is 0. The van der Waals surface area contributed by atoms with Crippen LogP contribution in [0.2, 0.25) is 0 Å². The quantitative estimate of drug-likeness (QED) is 0.582.